The fourth-order valence-corrected chi connectivity index (χ4v) is 3.46. The molecule has 0 unspecified atom stereocenters. The Hall–Kier alpha value is -3.39. The van der Waals surface area contributed by atoms with Gasteiger partial charge in [0.25, 0.3) is 0 Å². The van der Waals surface area contributed by atoms with E-state index in [1.54, 1.807) is 18.6 Å². The van der Waals surface area contributed by atoms with Crippen LogP contribution in [0.1, 0.15) is 0 Å². The van der Waals surface area contributed by atoms with Gasteiger partial charge in [0.05, 0.1) is 32.2 Å². The first-order valence-corrected chi connectivity index (χ1v) is 9.65. The Morgan fingerprint density at radius 2 is 1.72 bits per heavy atom. The van der Waals surface area contributed by atoms with Crippen molar-refractivity contribution in [1.29, 1.82) is 0 Å². The fraction of sp³-hybridized carbons (Fsp3) is 0.286. The number of ether oxygens (including phenoxy) is 3. The quantitative estimate of drug-likeness (QED) is 0.672. The number of benzene rings is 1. The standard InChI is InChI=1S/C21H21N5O3/c1-3-16(25-7-10-27-11-8-25)13-17(4-1)29-18-14-23-21(24-15-18)26-9-12-28-20-19(26)5-2-6-22-20/h1-6,13-15H,7-12H2. The lowest BCUT2D eigenvalue weighted by Crippen LogP contribution is -2.36. The summed E-state index contributed by atoms with van der Waals surface area (Å²) in [5.41, 5.74) is 1.99. The lowest BCUT2D eigenvalue weighted by molar-refractivity contribution is 0.122. The number of rotatable bonds is 4. The average Bonchev–Trinajstić information content (AvgIpc) is 2.80. The van der Waals surface area contributed by atoms with Crippen molar-refractivity contribution in [2.45, 2.75) is 0 Å². The summed E-state index contributed by atoms with van der Waals surface area (Å²) in [6, 6.07) is 11.9. The second kappa shape index (κ2) is 7.92. The molecule has 0 spiro atoms. The van der Waals surface area contributed by atoms with Gasteiger partial charge in [0.15, 0.2) is 5.75 Å². The van der Waals surface area contributed by atoms with E-state index < -0.39 is 0 Å². The van der Waals surface area contributed by atoms with Crippen molar-refractivity contribution >= 4 is 17.3 Å². The van der Waals surface area contributed by atoms with Crippen molar-refractivity contribution in [2.24, 2.45) is 0 Å². The van der Waals surface area contributed by atoms with Crippen molar-refractivity contribution in [2.75, 3.05) is 49.3 Å². The van der Waals surface area contributed by atoms with E-state index in [0.717, 1.165) is 43.4 Å². The molecule has 2 aromatic heterocycles. The van der Waals surface area contributed by atoms with Crippen LogP contribution < -0.4 is 19.3 Å². The van der Waals surface area contributed by atoms with Crippen LogP contribution in [-0.4, -0.2) is 54.4 Å². The molecule has 0 bridgehead atoms. The van der Waals surface area contributed by atoms with Gasteiger partial charge in [-0.25, -0.2) is 15.0 Å². The zero-order valence-corrected chi connectivity index (χ0v) is 15.9. The highest BCUT2D eigenvalue weighted by molar-refractivity contribution is 5.64. The van der Waals surface area contributed by atoms with Crippen LogP contribution in [0.4, 0.5) is 17.3 Å². The van der Waals surface area contributed by atoms with E-state index in [4.69, 9.17) is 14.2 Å². The third-order valence-corrected chi connectivity index (χ3v) is 4.88. The molecule has 4 heterocycles. The molecule has 29 heavy (non-hydrogen) atoms. The summed E-state index contributed by atoms with van der Waals surface area (Å²) in [6.07, 6.45) is 5.09. The summed E-state index contributed by atoms with van der Waals surface area (Å²) in [4.78, 5) is 17.5. The maximum Gasteiger partial charge on any atom is 0.238 e. The van der Waals surface area contributed by atoms with E-state index in [2.05, 4.69) is 25.9 Å². The molecular formula is C21H21N5O3. The van der Waals surface area contributed by atoms with Gasteiger partial charge in [-0.2, -0.15) is 0 Å². The number of morpholine rings is 1. The molecule has 3 aromatic rings. The summed E-state index contributed by atoms with van der Waals surface area (Å²) >= 11 is 0. The van der Waals surface area contributed by atoms with E-state index >= 15 is 0 Å². The van der Waals surface area contributed by atoms with Crippen LogP contribution in [0.5, 0.6) is 17.4 Å². The van der Waals surface area contributed by atoms with Crippen LogP contribution in [0.3, 0.4) is 0 Å². The van der Waals surface area contributed by atoms with Crippen molar-refractivity contribution in [1.82, 2.24) is 15.0 Å². The lowest BCUT2D eigenvalue weighted by Gasteiger charge is -2.29. The van der Waals surface area contributed by atoms with E-state index in [-0.39, 0.29) is 0 Å². The van der Waals surface area contributed by atoms with E-state index in [9.17, 15) is 0 Å². The molecular weight excluding hydrogens is 370 g/mol. The summed E-state index contributed by atoms with van der Waals surface area (Å²) in [6.45, 7) is 4.48. The topological polar surface area (TPSA) is 72.8 Å². The number of nitrogens with zero attached hydrogens (tertiary/aromatic N) is 5. The second-order valence-corrected chi connectivity index (χ2v) is 6.75. The molecule has 8 nitrogen and oxygen atoms in total. The lowest BCUT2D eigenvalue weighted by atomic mass is 10.2. The molecule has 8 heteroatoms. The van der Waals surface area contributed by atoms with Gasteiger partial charge in [-0.1, -0.05) is 6.07 Å². The highest BCUT2D eigenvalue weighted by Gasteiger charge is 2.22. The minimum atomic E-state index is 0.542. The maximum atomic E-state index is 5.98. The van der Waals surface area contributed by atoms with Gasteiger partial charge in [0, 0.05) is 31.0 Å². The van der Waals surface area contributed by atoms with Crippen molar-refractivity contribution in [3.05, 3.63) is 55.0 Å². The zero-order valence-electron chi connectivity index (χ0n) is 15.9. The first-order valence-electron chi connectivity index (χ1n) is 9.65. The number of fused-ring (bicyclic) bond motifs is 1. The Morgan fingerprint density at radius 3 is 2.59 bits per heavy atom. The predicted octanol–water partition coefficient (Wildman–Crippen LogP) is 3.03. The van der Waals surface area contributed by atoms with E-state index in [0.29, 0.717) is 30.7 Å². The Kier molecular flexibility index (Phi) is 4.83. The summed E-state index contributed by atoms with van der Waals surface area (Å²) in [7, 11) is 0. The van der Waals surface area contributed by atoms with Crippen LogP contribution in [0, 0.1) is 0 Å². The van der Waals surface area contributed by atoms with Gasteiger partial charge in [-0.05, 0) is 24.3 Å². The van der Waals surface area contributed by atoms with Crippen molar-refractivity contribution in [3.63, 3.8) is 0 Å². The summed E-state index contributed by atoms with van der Waals surface area (Å²) < 4.78 is 17.0. The Bertz CT molecular complexity index is 976. The first kappa shape index (κ1) is 17.7. The highest BCUT2D eigenvalue weighted by Crippen LogP contribution is 2.33. The van der Waals surface area contributed by atoms with Gasteiger partial charge < -0.3 is 24.0 Å². The summed E-state index contributed by atoms with van der Waals surface area (Å²) in [5.74, 6) is 2.54. The average molecular weight is 391 g/mol. The maximum absolute atomic E-state index is 5.98. The highest BCUT2D eigenvalue weighted by atomic mass is 16.5. The molecule has 0 N–H and O–H groups in total. The fourth-order valence-electron chi connectivity index (χ4n) is 3.46. The smallest absolute Gasteiger partial charge is 0.238 e. The number of hydrogen-bond acceptors (Lipinski definition) is 8. The number of anilines is 3. The molecule has 2 aliphatic heterocycles. The molecule has 148 valence electrons. The SMILES string of the molecule is c1cc(Oc2cnc(N3CCOc4ncccc43)nc2)cc(N2CCOCC2)c1. The number of pyridine rings is 1. The number of aromatic nitrogens is 3. The molecule has 2 aliphatic rings. The molecule has 1 aromatic carbocycles. The second-order valence-electron chi connectivity index (χ2n) is 6.75. The third kappa shape index (κ3) is 3.79. The molecule has 0 radical (unpaired) electrons. The van der Waals surface area contributed by atoms with Crippen LogP contribution in [0.25, 0.3) is 0 Å². The minimum Gasteiger partial charge on any atom is -0.474 e. The molecule has 0 aliphatic carbocycles. The molecule has 5 rings (SSSR count). The van der Waals surface area contributed by atoms with Gasteiger partial charge >= 0.3 is 0 Å². The van der Waals surface area contributed by atoms with E-state index in [1.807, 2.05) is 35.2 Å². The molecule has 0 amide bonds. The van der Waals surface area contributed by atoms with Crippen LogP contribution in [-0.2, 0) is 4.74 Å². The minimum absolute atomic E-state index is 0.542. The molecule has 0 atom stereocenters. The zero-order chi connectivity index (χ0) is 19.5. The molecule has 1 saturated heterocycles. The molecule has 0 saturated carbocycles. The summed E-state index contributed by atoms with van der Waals surface area (Å²) in [5, 5.41) is 0. The Morgan fingerprint density at radius 1 is 0.862 bits per heavy atom. The van der Waals surface area contributed by atoms with Crippen molar-refractivity contribution in [3.8, 4) is 17.4 Å². The molecule has 1 fully saturated rings. The normalized spacial score (nSPS) is 16.1. The van der Waals surface area contributed by atoms with Gasteiger partial charge in [0.2, 0.25) is 11.8 Å². The van der Waals surface area contributed by atoms with E-state index in [1.165, 1.54) is 0 Å². The van der Waals surface area contributed by atoms with Crippen molar-refractivity contribution < 1.29 is 14.2 Å². The number of hydrogen-bond donors (Lipinski definition) is 0. The Balaban J connectivity index is 1.32. The largest absolute Gasteiger partial charge is 0.474 e. The van der Waals surface area contributed by atoms with Crippen LogP contribution in [0.15, 0.2) is 55.0 Å². The van der Waals surface area contributed by atoms with Gasteiger partial charge in [-0.3, -0.25) is 0 Å². The van der Waals surface area contributed by atoms with Gasteiger partial charge in [-0.15, -0.1) is 0 Å². The van der Waals surface area contributed by atoms with Crippen LogP contribution in [0.2, 0.25) is 0 Å². The predicted molar refractivity (Wildman–Crippen MR) is 108 cm³/mol. The van der Waals surface area contributed by atoms with Crippen LogP contribution >= 0.6 is 0 Å². The Labute approximate surface area is 168 Å². The monoisotopic (exact) mass is 391 g/mol. The first-order chi connectivity index (χ1) is 14.4. The van der Waals surface area contributed by atoms with Gasteiger partial charge in [0.1, 0.15) is 18.0 Å². The third-order valence-electron chi connectivity index (χ3n) is 4.88.